The van der Waals surface area contributed by atoms with E-state index in [0.29, 0.717) is 11.2 Å². The molecule has 0 spiro atoms. The molecule has 1 aliphatic rings. The van der Waals surface area contributed by atoms with Crippen LogP contribution in [-0.2, 0) is 0 Å². The second-order valence-corrected chi connectivity index (χ2v) is 4.46. The molecule has 0 aliphatic heterocycles. The molecule has 1 heterocycles. The van der Waals surface area contributed by atoms with Crippen molar-refractivity contribution >= 4 is 22.4 Å². The molecule has 5 heteroatoms. The monoisotopic (exact) mass is 218 g/mol. The van der Waals surface area contributed by atoms with E-state index in [1.807, 2.05) is 12.1 Å². The third-order valence-corrected chi connectivity index (χ3v) is 3.07. The number of rotatable bonds is 3. The Morgan fingerprint density at radius 1 is 1.38 bits per heavy atom. The van der Waals surface area contributed by atoms with Gasteiger partial charge in [-0.2, -0.15) is 0 Å². The van der Waals surface area contributed by atoms with E-state index in [1.54, 1.807) is 0 Å². The molecule has 2 aromatic rings. The zero-order valence-corrected chi connectivity index (χ0v) is 9.18. The maximum atomic E-state index is 5.80. The first kappa shape index (κ1) is 9.45. The van der Waals surface area contributed by atoms with Gasteiger partial charge in [0.1, 0.15) is 0 Å². The maximum absolute atomic E-state index is 5.80. The third-order valence-electron chi connectivity index (χ3n) is 3.07. The first-order valence-corrected chi connectivity index (χ1v) is 5.47. The Hall–Kier alpha value is -1.78. The van der Waals surface area contributed by atoms with Crippen LogP contribution in [-0.4, -0.2) is 23.9 Å². The van der Waals surface area contributed by atoms with Gasteiger partial charge >= 0.3 is 0 Å². The van der Waals surface area contributed by atoms with Crippen molar-refractivity contribution in [2.24, 2.45) is 5.92 Å². The van der Waals surface area contributed by atoms with Crippen molar-refractivity contribution in [3.8, 4) is 0 Å². The highest BCUT2D eigenvalue weighted by molar-refractivity contribution is 5.95. The van der Waals surface area contributed by atoms with Gasteiger partial charge in [-0.1, -0.05) is 0 Å². The van der Waals surface area contributed by atoms with E-state index in [0.717, 1.165) is 23.7 Å². The zero-order chi connectivity index (χ0) is 11.1. The molecule has 1 fully saturated rings. The van der Waals surface area contributed by atoms with Gasteiger partial charge in [0, 0.05) is 13.6 Å². The van der Waals surface area contributed by atoms with Crippen LogP contribution >= 0.6 is 0 Å². The van der Waals surface area contributed by atoms with Crippen molar-refractivity contribution in [2.75, 3.05) is 24.2 Å². The van der Waals surface area contributed by atoms with Crippen LogP contribution in [0.4, 0.5) is 11.4 Å². The number of aromatic nitrogens is 2. The number of nitrogens with zero attached hydrogens (tertiary/aromatic N) is 3. The van der Waals surface area contributed by atoms with Gasteiger partial charge in [0.05, 0.1) is 11.4 Å². The first-order chi connectivity index (χ1) is 7.75. The van der Waals surface area contributed by atoms with E-state index in [9.17, 15) is 0 Å². The molecule has 0 atom stereocenters. The van der Waals surface area contributed by atoms with Gasteiger partial charge in [0.2, 0.25) is 0 Å². The summed E-state index contributed by atoms with van der Waals surface area (Å²) in [5, 5.41) is 7.74. The van der Waals surface area contributed by atoms with Gasteiger partial charge in [-0.25, -0.2) is 4.63 Å². The van der Waals surface area contributed by atoms with Crippen LogP contribution in [0.25, 0.3) is 11.0 Å². The Morgan fingerprint density at radius 2 is 2.12 bits per heavy atom. The number of nitrogens with two attached hydrogens (primary N) is 1. The Balaban J connectivity index is 2.01. The number of fused-ring (bicyclic) bond motifs is 1. The van der Waals surface area contributed by atoms with Crippen molar-refractivity contribution < 1.29 is 4.63 Å². The summed E-state index contributed by atoms with van der Waals surface area (Å²) in [6, 6.07) is 3.83. The summed E-state index contributed by atoms with van der Waals surface area (Å²) in [4.78, 5) is 2.20. The van der Waals surface area contributed by atoms with Crippen molar-refractivity contribution in [3.63, 3.8) is 0 Å². The Kier molecular flexibility index (Phi) is 1.99. The number of benzene rings is 1. The van der Waals surface area contributed by atoms with Crippen LogP contribution < -0.4 is 10.6 Å². The van der Waals surface area contributed by atoms with E-state index in [2.05, 4.69) is 22.3 Å². The van der Waals surface area contributed by atoms with Gasteiger partial charge < -0.3 is 10.6 Å². The Morgan fingerprint density at radius 3 is 2.88 bits per heavy atom. The molecular formula is C11H14N4O. The average Bonchev–Trinajstić information content (AvgIpc) is 2.94. The Bertz CT molecular complexity index is 518. The lowest BCUT2D eigenvalue weighted by atomic mass is 10.2. The zero-order valence-electron chi connectivity index (χ0n) is 9.18. The summed E-state index contributed by atoms with van der Waals surface area (Å²) in [6.07, 6.45) is 2.67. The lowest BCUT2D eigenvalue weighted by Gasteiger charge is -2.18. The fourth-order valence-corrected chi connectivity index (χ4v) is 1.97. The molecule has 0 amide bonds. The maximum Gasteiger partial charge on any atom is 0.160 e. The lowest BCUT2D eigenvalue weighted by molar-refractivity contribution is 0.315. The van der Waals surface area contributed by atoms with Gasteiger partial charge in [-0.3, -0.25) is 0 Å². The molecular weight excluding hydrogens is 204 g/mol. The molecule has 0 saturated heterocycles. The molecule has 84 valence electrons. The topological polar surface area (TPSA) is 68.2 Å². The fraction of sp³-hybridized carbons (Fsp3) is 0.455. The summed E-state index contributed by atoms with van der Waals surface area (Å²) in [6.45, 7) is 1.06. The highest BCUT2D eigenvalue weighted by atomic mass is 16.6. The molecule has 1 aromatic heterocycles. The summed E-state index contributed by atoms with van der Waals surface area (Å²) in [5.41, 5.74) is 8.86. The van der Waals surface area contributed by atoms with Crippen LogP contribution in [0, 0.1) is 5.92 Å². The quantitative estimate of drug-likeness (QED) is 0.793. The van der Waals surface area contributed by atoms with Crippen LogP contribution in [0.5, 0.6) is 0 Å². The fourth-order valence-electron chi connectivity index (χ4n) is 1.97. The molecule has 1 aliphatic carbocycles. The molecule has 2 N–H and O–H groups in total. The van der Waals surface area contributed by atoms with Gasteiger partial charge in [-0.15, -0.1) is 0 Å². The second kappa shape index (κ2) is 3.37. The van der Waals surface area contributed by atoms with E-state index in [4.69, 9.17) is 10.4 Å². The normalized spacial score (nSPS) is 15.6. The van der Waals surface area contributed by atoms with Crippen LogP contribution in [0.1, 0.15) is 12.8 Å². The van der Waals surface area contributed by atoms with E-state index >= 15 is 0 Å². The Labute approximate surface area is 93.2 Å². The molecule has 0 bridgehead atoms. The van der Waals surface area contributed by atoms with E-state index in [-0.39, 0.29) is 0 Å². The standard InChI is InChI=1S/C11H14N4O/c1-15(6-7-2-3-7)9-5-4-8(12)10-11(9)14-16-13-10/h4-5,7H,2-3,6,12H2,1H3. The number of nitrogen functional groups attached to an aromatic ring is 1. The number of anilines is 2. The molecule has 3 rings (SSSR count). The summed E-state index contributed by atoms with van der Waals surface area (Å²) in [7, 11) is 2.07. The van der Waals surface area contributed by atoms with Crippen molar-refractivity contribution in [1.29, 1.82) is 0 Å². The smallest absolute Gasteiger partial charge is 0.160 e. The number of hydrogen-bond donors (Lipinski definition) is 1. The predicted octanol–water partition coefficient (Wildman–Crippen LogP) is 1.65. The van der Waals surface area contributed by atoms with Gasteiger partial charge in [-0.05, 0) is 41.2 Å². The SMILES string of the molecule is CN(CC1CC1)c1ccc(N)c2nonc12. The highest BCUT2D eigenvalue weighted by Crippen LogP contribution is 2.33. The minimum Gasteiger partial charge on any atom is -0.397 e. The summed E-state index contributed by atoms with van der Waals surface area (Å²) >= 11 is 0. The predicted molar refractivity (Wildman–Crippen MR) is 62.2 cm³/mol. The minimum absolute atomic E-state index is 0.611. The summed E-state index contributed by atoms with van der Waals surface area (Å²) in [5.74, 6) is 0.831. The van der Waals surface area contributed by atoms with Gasteiger partial charge in [0.25, 0.3) is 0 Å². The lowest BCUT2D eigenvalue weighted by Crippen LogP contribution is -2.20. The van der Waals surface area contributed by atoms with Crippen molar-refractivity contribution in [3.05, 3.63) is 12.1 Å². The highest BCUT2D eigenvalue weighted by Gasteiger charge is 2.24. The van der Waals surface area contributed by atoms with Crippen molar-refractivity contribution in [2.45, 2.75) is 12.8 Å². The summed E-state index contributed by atoms with van der Waals surface area (Å²) < 4.78 is 4.75. The third kappa shape index (κ3) is 1.48. The second-order valence-electron chi connectivity index (χ2n) is 4.46. The molecule has 1 aromatic carbocycles. The van der Waals surface area contributed by atoms with Crippen LogP contribution in [0.15, 0.2) is 16.8 Å². The van der Waals surface area contributed by atoms with Crippen molar-refractivity contribution in [1.82, 2.24) is 10.3 Å². The van der Waals surface area contributed by atoms with Crippen LogP contribution in [0.3, 0.4) is 0 Å². The largest absolute Gasteiger partial charge is 0.397 e. The average molecular weight is 218 g/mol. The molecule has 0 radical (unpaired) electrons. The first-order valence-electron chi connectivity index (χ1n) is 5.47. The van der Waals surface area contributed by atoms with Crippen LogP contribution in [0.2, 0.25) is 0 Å². The van der Waals surface area contributed by atoms with Gasteiger partial charge in [0.15, 0.2) is 11.0 Å². The molecule has 16 heavy (non-hydrogen) atoms. The van der Waals surface area contributed by atoms with E-state index < -0.39 is 0 Å². The number of hydrogen-bond acceptors (Lipinski definition) is 5. The molecule has 5 nitrogen and oxygen atoms in total. The molecule has 1 saturated carbocycles. The minimum atomic E-state index is 0.611. The van der Waals surface area contributed by atoms with E-state index in [1.165, 1.54) is 12.8 Å². The molecule has 0 unspecified atom stereocenters.